The number of H-pyrrole nitrogens is 1. The van der Waals surface area contributed by atoms with E-state index in [0.717, 1.165) is 101 Å². The Morgan fingerprint density at radius 2 is 1.85 bits per heavy atom. The van der Waals surface area contributed by atoms with Crippen LogP contribution < -0.4 is 26.0 Å². The van der Waals surface area contributed by atoms with Gasteiger partial charge in [0, 0.05) is 75.4 Å². The maximum absolute atomic E-state index is 12.7. The lowest BCUT2D eigenvalue weighted by Gasteiger charge is -2.42. The van der Waals surface area contributed by atoms with Crippen LogP contribution in [-0.4, -0.2) is 114 Å². The molecule has 3 aromatic rings. The van der Waals surface area contributed by atoms with Gasteiger partial charge in [0.2, 0.25) is 0 Å². The summed E-state index contributed by atoms with van der Waals surface area (Å²) in [5, 5.41) is 14.3. The predicted octanol–water partition coefficient (Wildman–Crippen LogP) is 3.37. The van der Waals surface area contributed by atoms with E-state index < -0.39 is 5.91 Å². The molecule has 246 valence electrons. The first-order chi connectivity index (χ1) is 22.3. The minimum absolute atomic E-state index is 0.0151. The fourth-order valence-corrected chi connectivity index (χ4v) is 7.16. The SMILES string of the molecule is COc1cc(Nc2nc(NC3CCOC4(CC4)C3)c(-c3cc(C)[nH]n3)nc2C(N)=O)ccc1N1CCC(N2CCN(C)CC2)CC1. The molecule has 13 nitrogen and oxygen atoms in total. The number of rotatable bonds is 9. The number of nitrogens with zero attached hydrogens (tertiary/aromatic N) is 6. The molecule has 1 aliphatic carbocycles. The summed E-state index contributed by atoms with van der Waals surface area (Å²) in [5.74, 6) is 0.913. The van der Waals surface area contributed by atoms with E-state index in [1.165, 1.54) is 0 Å². The summed E-state index contributed by atoms with van der Waals surface area (Å²) in [7, 11) is 3.89. The molecule has 3 aliphatic heterocycles. The van der Waals surface area contributed by atoms with Gasteiger partial charge in [0.15, 0.2) is 17.3 Å². The molecule has 46 heavy (non-hydrogen) atoms. The number of carbonyl (C=O) groups excluding carboxylic acids is 1. The highest BCUT2D eigenvalue weighted by Gasteiger charge is 2.48. The van der Waals surface area contributed by atoms with E-state index >= 15 is 0 Å². The van der Waals surface area contributed by atoms with Gasteiger partial charge in [-0.2, -0.15) is 5.10 Å². The number of methoxy groups -OCH3 is 1. The second kappa shape index (κ2) is 12.7. The summed E-state index contributed by atoms with van der Waals surface area (Å²) in [4.78, 5) is 29.8. The second-order valence-corrected chi connectivity index (χ2v) is 13.4. The molecule has 1 unspecified atom stereocenters. The van der Waals surface area contributed by atoms with Crippen LogP contribution in [0.15, 0.2) is 24.3 Å². The van der Waals surface area contributed by atoms with Crippen molar-refractivity contribution in [3.05, 3.63) is 35.7 Å². The number of likely N-dealkylation sites (N-methyl/N-ethyl adjacent to an activating group) is 1. The first-order valence-electron chi connectivity index (χ1n) is 16.6. The van der Waals surface area contributed by atoms with Crippen LogP contribution in [0.5, 0.6) is 5.75 Å². The number of primary amides is 1. The molecule has 13 heteroatoms. The van der Waals surface area contributed by atoms with Gasteiger partial charge in [-0.05, 0) is 70.7 Å². The van der Waals surface area contributed by atoms with Crippen LogP contribution >= 0.6 is 0 Å². The zero-order valence-electron chi connectivity index (χ0n) is 27.1. The number of hydrogen-bond acceptors (Lipinski definition) is 11. The van der Waals surface area contributed by atoms with Crippen molar-refractivity contribution in [3.63, 3.8) is 0 Å². The van der Waals surface area contributed by atoms with Gasteiger partial charge in [-0.3, -0.25) is 14.8 Å². The highest BCUT2D eigenvalue weighted by Crippen LogP contribution is 2.47. The van der Waals surface area contributed by atoms with Gasteiger partial charge in [-0.15, -0.1) is 0 Å². The van der Waals surface area contributed by atoms with Gasteiger partial charge in [0.05, 0.1) is 18.4 Å². The number of aryl methyl sites for hydroxylation is 1. The number of piperidine rings is 1. The Labute approximate surface area is 270 Å². The molecule has 7 rings (SSSR count). The first-order valence-corrected chi connectivity index (χ1v) is 16.6. The van der Waals surface area contributed by atoms with E-state index in [1.807, 2.05) is 25.1 Å². The third-order valence-corrected chi connectivity index (χ3v) is 10.0. The number of carbonyl (C=O) groups is 1. The zero-order chi connectivity index (χ0) is 31.8. The summed E-state index contributed by atoms with van der Waals surface area (Å²) < 4.78 is 11.9. The van der Waals surface area contributed by atoms with Crippen molar-refractivity contribution in [2.24, 2.45) is 5.73 Å². The predicted molar refractivity (Wildman–Crippen MR) is 178 cm³/mol. The van der Waals surface area contributed by atoms with Crippen LogP contribution in [0.25, 0.3) is 11.4 Å². The number of ether oxygens (including phenoxy) is 2. The maximum atomic E-state index is 12.7. The number of nitrogens with one attached hydrogen (secondary N) is 3. The van der Waals surface area contributed by atoms with Crippen molar-refractivity contribution in [2.45, 2.75) is 63.1 Å². The molecule has 1 spiro atoms. The van der Waals surface area contributed by atoms with Gasteiger partial charge in [-0.1, -0.05) is 0 Å². The number of aromatic amines is 1. The third kappa shape index (κ3) is 6.49. The van der Waals surface area contributed by atoms with E-state index in [9.17, 15) is 4.79 Å². The molecule has 4 fully saturated rings. The molecule has 1 aromatic carbocycles. The van der Waals surface area contributed by atoms with E-state index in [4.69, 9.17) is 25.2 Å². The topological polar surface area (TPSA) is 150 Å². The molecule has 5 heterocycles. The van der Waals surface area contributed by atoms with Gasteiger partial charge in [0.1, 0.15) is 17.1 Å². The molecule has 1 amide bonds. The minimum atomic E-state index is -0.676. The Hall–Kier alpha value is -3.94. The summed E-state index contributed by atoms with van der Waals surface area (Å²) in [5.41, 5.74) is 9.63. The monoisotopic (exact) mass is 630 g/mol. The lowest BCUT2D eigenvalue weighted by atomic mass is 10.0. The van der Waals surface area contributed by atoms with Crippen LogP contribution in [0.3, 0.4) is 0 Å². The highest BCUT2D eigenvalue weighted by atomic mass is 16.5. The van der Waals surface area contributed by atoms with Crippen LogP contribution in [0, 0.1) is 6.92 Å². The van der Waals surface area contributed by atoms with Gasteiger partial charge < -0.3 is 35.6 Å². The van der Waals surface area contributed by atoms with Gasteiger partial charge in [0.25, 0.3) is 5.91 Å². The van der Waals surface area contributed by atoms with E-state index in [-0.39, 0.29) is 23.2 Å². The van der Waals surface area contributed by atoms with Crippen LogP contribution in [0.2, 0.25) is 0 Å². The smallest absolute Gasteiger partial charge is 0.271 e. The lowest BCUT2D eigenvalue weighted by molar-refractivity contribution is -0.00884. The number of anilines is 4. The van der Waals surface area contributed by atoms with Crippen molar-refractivity contribution >= 4 is 28.9 Å². The quantitative estimate of drug-likeness (QED) is 0.276. The second-order valence-electron chi connectivity index (χ2n) is 13.4. The average Bonchev–Trinajstić information content (AvgIpc) is 3.65. The first kappa shape index (κ1) is 30.7. The summed E-state index contributed by atoms with van der Waals surface area (Å²) >= 11 is 0. The number of benzene rings is 1. The number of amides is 1. The van der Waals surface area contributed by atoms with Gasteiger partial charge >= 0.3 is 0 Å². The lowest BCUT2D eigenvalue weighted by Crippen LogP contribution is -2.52. The molecule has 3 saturated heterocycles. The van der Waals surface area contributed by atoms with Crippen molar-refractivity contribution in [1.29, 1.82) is 0 Å². The number of aromatic nitrogens is 4. The molecule has 2 aromatic heterocycles. The Balaban J connectivity index is 1.12. The molecular formula is C33H46N10O3. The molecule has 5 N–H and O–H groups in total. The van der Waals surface area contributed by atoms with Crippen molar-refractivity contribution in [1.82, 2.24) is 30.0 Å². The largest absolute Gasteiger partial charge is 0.495 e. The number of hydrogen-bond donors (Lipinski definition) is 4. The standard InChI is InChI=1S/C33H46N10O3/c1-21-18-25(40-39-21)28-31(36-23-8-17-46-33(20-23)9-10-33)38-32(29(37-28)30(34)44)35-22-4-5-26(27(19-22)45-3)43-11-6-24(7-12-43)42-15-13-41(2)14-16-42/h4-5,18-19,23-24H,6-17,20H2,1-3H3,(H2,34,44)(H,39,40)(H2,35,36,38). The zero-order valence-corrected chi connectivity index (χ0v) is 27.1. The van der Waals surface area contributed by atoms with Crippen LogP contribution in [0.1, 0.15) is 54.7 Å². The van der Waals surface area contributed by atoms with Crippen molar-refractivity contribution in [2.75, 3.05) is 75.6 Å². The molecule has 1 atom stereocenters. The van der Waals surface area contributed by atoms with Crippen molar-refractivity contribution in [3.8, 4) is 17.1 Å². The molecular weight excluding hydrogens is 584 g/mol. The Kier molecular flexibility index (Phi) is 8.47. The van der Waals surface area contributed by atoms with Gasteiger partial charge in [-0.25, -0.2) is 9.97 Å². The molecule has 0 radical (unpaired) electrons. The Morgan fingerprint density at radius 3 is 2.52 bits per heavy atom. The molecule has 0 bridgehead atoms. The van der Waals surface area contributed by atoms with Crippen molar-refractivity contribution < 1.29 is 14.3 Å². The van der Waals surface area contributed by atoms with E-state index in [2.05, 4.69) is 48.6 Å². The Bertz CT molecular complexity index is 1560. The maximum Gasteiger partial charge on any atom is 0.271 e. The minimum Gasteiger partial charge on any atom is -0.495 e. The summed E-state index contributed by atoms with van der Waals surface area (Å²) in [6.45, 7) is 9.17. The van der Waals surface area contributed by atoms with Crippen LogP contribution in [-0.2, 0) is 4.74 Å². The fourth-order valence-electron chi connectivity index (χ4n) is 7.16. The molecule has 4 aliphatic rings. The normalized spacial score (nSPS) is 22.2. The third-order valence-electron chi connectivity index (χ3n) is 10.0. The fraction of sp³-hybridized carbons (Fsp3) is 0.576. The number of nitrogens with two attached hydrogens (primary N) is 1. The number of piperazine rings is 1. The van der Waals surface area contributed by atoms with Crippen LogP contribution in [0.4, 0.5) is 23.0 Å². The van der Waals surface area contributed by atoms with E-state index in [1.54, 1.807) is 7.11 Å². The van der Waals surface area contributed by atoms with E-state index in [0.29, 0.717) is 29.9 Å². The highest BCUT2D eigenvalue weighted by molar-refractivity contribution is 5.97. The summed E-state index contributed by atoms with van der Waals surface area (Å²) in [6.07, 6.45) is 6.20. The Morgan fingerprint density at radius 1 is 1.07 bits per heavy atom. The summed E-state index contributed by atoms with van der Waals surface area (Å²) in [6, 6.07) is 8.70. The molecule has 1 saturated carbocycles. The average molecular weight is 631 g/mol.